The molecule has 0 spiro atoms. The Morgan fingerprint density at radius 1 is 0.641 bits per heavy atom. The van der Waals surface area contributed by atoms with Crippen LogP contribution in [0, 0.1) is 34.6 Å². The van der Waals surface area contributed by atoms with Gasteiger partial charge in [0.15, 0.2) is 0 Å². The Morgan fingerprint density at radius 3 is 1.33 bits per heavy atom. The van der Waals surface area contributed by atoms with Crippen molar-refractivity contribution in [3.05, 3.63) is 125 Å². The third-order valence-electron chi connectivity index (χ3n) is 6.60. The molecule has 39 heavy (non-hydrogen) atoms. The molecular formula is C35H43Cl2SiZr-3. The summed E-state index contributed by atoms with van der Waals surface area (Å²) in [5.41, 5.74) is 9.78. The van der Waals surface area contributed by atoms with Crippen LogP contribution in [0.2, 0.25) is 0 Å². The van der Waals surface area contributed by atoms with E-state index in [0.717, 1.165) is 5.56 Å². The minimum absolute atomic E-state index is 0. The fraction of sp³-hybridized carbons (Fsp3) is 0.286. The Balaban J connectivity index is 0.000000549. The van der Waals surface area contributed by atoms with Gasteiger partial charge in [-0.3, -0.25) is 0 Å². The summed E-state index contributed by atoms with van der Waals surface area (Å²) < 4.78 is 0. The number of halogens is 2. The van der Waals surface area contributed by atoms with E-state index in [4.69, 9.17) is 0 Å². The first-order valence-electron chi connectivity index (χ1n) is 13.3. The number of hydrogen-bond donors (Lipinski definition) is 0. The van der Waals surface area contributed by atoms with Crippen LogP contribution in [0.3, 0.4) is 0 Å². The Morgan fingerprint density at radius 2 is 1.03 bits per heavy atom. The third-order valence-corrected chi connectivity index (χ3v) is 6.60. The molecule has 0 atom stereocenters. The van der Waals surface area contributed by atoms with Crippen molar-refractivity contribution < 1.29 is 23.3 Å². The van der Waals surface area contributed by atoms with E-state index >= 15 is 0 Å². The van der Waals surface area contributed by atoms with E-state index in [2.05, 4.69) is 104 Å². The van der Waals surface area contributed by atoms with E-state index in [1.54, 1.807) is 0 Å². The van der Waals surface area contributed by atoms with Crippen LogP contribution >= 0.6 is 24.8 Å². The summed E-state index contributed by atoms with van der Waals surface area (Å²) in [5, 5.41) is 5.72. The second-order valence-electron chi connectivity index (χ2n) is 9.78. The molecule has 0 saturated heterocycles. The average Bonchev–Trinajstić information content (AvgIpc) is 3.47. The first-order chi connectivity index (χ1) is 17.8. The van der Waals surface area contributed by atoms with Crippen molar-refractivity contribution in [2.75, 3.05) is 0 Å². The maximum atomic E-state index is 3.72. The van der Waals surface area contributed by atoms with Gasteiger partial charge in [-0.15, -0.1) is 106 Å². The number of benzene rings is 3. The number of aryl methyl sites for hydroxylation is 6. The normalized spacial score (nSPS) is 9.56. The molecule has 0 aliphatic heterocycles. The molecule has 4 heteroatoms. The molecule has 5 aromatic carbocycles. The third kappa shape index (κ3) is 11.1. The van der Waals surface area contributed by atoms with E-state index in [-0.39, 0.29) is 24.8 Å². The minimum atomic E-state index is 0. The topological polar surface area (TPSA) is 0 Å². The van der Waals surface area contributed by atoms with Gasteiger partial charge in [0.1, 0.15) is 0 Å². The summed E-state index contributed by atoms with van der Waals surface area (Å²) in [6, 6.07) is 28.0. The van der Waals surface area contributed by atoms with Crippen molar-refractivity contribution in [2.24, 2.45) is 0 Å². The van der Waals surface area contributed by atoms with Crippen molar-refractivity contribution in [3.63, 3.8) is 0 Å². The molecule has 0 aromatic heterocycles. The van der Waals surface area contributed by atoms with Gasteiger partial charge >= 0.3 is 30.2 Å². The van der Waals surface area contributed by atoms with Gasteiger partial charge in [-0.2, -0.15) is 36.8 Å². The fourth-order valence-corrected chi connectivity index (χ4v) is 4.85. The van der Waals surface area contributed by atoms with Gasteiger partial charge in [-0.1, -0.05) is 68.9 Å². The summed E-state index contributed by atoms with van der Waals surface area (Å²) in [6.45, 7) is 20.0. The van der Waals surface area contributed by atoms with Gasteiger partial charge in [0.05, 0.1) is 0 Å². The molecule has 0 fully saturated rings. The summed E-state index contributed by atoms with van der Waals surface area (Å²) in [7, 11) is 0. The molecule has 5 aromatic rings. The Hall–Kier alpha value is -1.57. The van der Waals surface area contributed by atoms with Crippen LogP contribution in [-0.4, -0.2) is 6.88 Å². The molecule has 208 valence electrons. The van der Waals surface area contributed by atoms with Crippen LogP contribution in [0.25, 0.3) is 21.5 Å². The molecule has 0 heterocycles. The van der Waals surface area contributed by atoms with Crippen LogP contribution in [0.5, 0.6) is 0 Å². The van der Waals surface area contributed by atoms with Gasteiger partial charge < -0.3 is 0 Å². The molecule has 0 saturated carbocycles. The SMILES string of the molecule is CCCc1c(C)ccc2[cH-]c(C)cc12.CCCc1c(C)ccc2[cH-]c(C)cc12.Cl.Cl.[CH2-]c1ccccc1.[Si]=[Zr]. The van der Waals surface area contributed by atoms with E-state index in [1.807, 2.05) is 30.3 Å². The number of hydrogen-bond acceptors (Lipinski definition) is 0. The number of fused-ring (bicyclic) bond motifs is 2. The van der Waals surface area contributed by atoms with Crippen LogP contribution < -0.4 is 0 Å². The van der Waals surface area contributed by atoms with Gasteiger partial charge in [-0.25, -0.2) is 0 Å². The van der Waals surface area contributed by atoms with Crippen molar-refractivity contribution in [2.45, 2.75) is 67.2 Å². The van der Waals surface area contributed by atoms with Crippen molar-refractivity contribution in [3.8, 4) is 0 Å². The predicted molar refractivity (Wildman–Crippen MR) is 177 cm³/mol. The van der Waals surface area contributed by atoms with Crippen LogP contribution in [0.15, 0.2) is 78.9 Å². The predicted octanol–water partition coefficient (Wildman–Crippen LogP) is 10.6. The zero-order chi connectivity index (χ0) is 27.4. The zero-order valence-electron chi connectivity index (χ0n) is 24.4. The quantitative estimate of drug-likeness (QED) is 0.134. The zero-order valence-corrected chi connectivity index (χ0v) is 29.4. The van der Waals surface area contributed by atoms with Crippen molar-refractivity contribution >= 4 is 53.2 Å². The summed E-state index contributed by atoms with van der Waals surface area (Å²) in [4.78, 5) is 0. The van der Waals surface area contributed by atoms with Crippen LogP contribution in [0.4, 0.5) is 0 Å². The summed E-state index contributed by atoms with van der Waals surface area (Å²) in [5.74, 6) is 0. The molecule has 0 aliphatic rings. The average molecular weight is 654 g/mol. The molecule has 0 N–H and O–H groups in total. The molecule has 0 amide bonds. The molecule has 2 radical (unpaired) electrons. The maximum absolute atomic E-state index is 3.72. The first-order valence-corrected chi connectivity index (χ1v) is 17.5. The van der Waals surface area contributed by atoms with Gasteiger partial charge in [0.2, 0.25) is 0 Å². The first kappa shape index (κ1) is 37.4. The van der Waals surface area contributed by atoms with Crippen molar-refractivity contribution in [1.29, 1.82) is 0 Å². The standard InChI is InChI=1S/2C14H17.C7H7.2ClH.Si.Zr/c2*1-4-5-13-11(3)6-7-12-8-10(2)9-14(12)13;1-7-5-3-2-4-6-7;;;;/h2*6-9H,4-5H2,1-3H3;2-6H,1H2;2*1H;;/q3*-1;;;;. The molecule has 0 bridgehead atoms. The monoisotopic (exact) mass is 651 g/mol. The van der Waals surface area contributed by atoms with E-state index in [9.17, 15) is 0 Å². The summed E-state index contributed by atoms with van der Waals surface area (Å²) in [6.07, 6.45) is 4.85. The second kappa shape index (κ2) is 19.5. The van der Waals surface area contributed by atoms with E-state index in [1.165, 1.54) is 104 Å². The summed E-state index contributed by atoms with van der Waals surface area (Å²) >= 11 is 1.36. The molecule has 5 rings (SSSR count). The van der Waals surface area contributed by atoms with Gasteiger partial charge in [0, 0.05) is 0 Å². The molecule has 0 unspecified atom stereocenters. The molecule has 0 aliphatic carbocycles. The van der Waals surface area contributed by atoms with E-state index < -0.39 is 0 Å². The fourth-order valence-electron chi connectivity index (χ4n) is 4.85. The van der Waals surface area contributed by atoms with Gasteiger partial charge in [-0.05, 0) is 26.7 Å². The van der Waals surface area contributed by atoms with E-state index in [0.29, 0.717) is 0 Å². The molecule has 0 nitrogen and oxygen atoms in total. The van der Waals surface area contributed by atoms with Crippen LogP contribution in [0.1, 0.15) is 65.6 Å². The van der Waals surface area contributed by atoms with Crippen LogP contribution in [-0.2, 0) is 36.2 Å². The van der Waals surface area contributed by atoms with Crippen molar-refractivity contribution in [1.82, 2.24) is 0 Å². The second-order valence-corrected chi connectivity index (χ2v) is 9.78. The Labute approximate surface area is 266 Å². The Bertz CT molecular complexity index is 1290. The van der Waals surface area contributed by atoms with Gasteiger partial charge in [0.25, 0.3) is 0 Å². The Kier molecular flexibility index (Phi) is 18.7. The number of rotatable bonds is 4. The molecular weight excluding hydrogens is 611 g/mol.